The van der Waals surface area contributed by atoms with Crippen molar-refractivity contribution >= 4 is 10.0 Å². The normalized spacial score (nSPS) is 22.9. The van der Waals surface area contributed by atoms with Crippen LogP contribution in [0.25, 0.3) is 0 Å². The number of piperazine rings is 1. The zero-order valence-corrected chi connectivity index (χ0v) is 27.1. The van der Waals surface area contributed by atoms with E-state index in [4.69, 9.17) is 9.47 Å². The first-order valence-electron chi connectivity index (χ1n) is 16.0. The molecule has 6 rings (SSSR count). The minimum absolute atomic E-state index is 0.000175. The minimum Gasteiger partial charge on any atom is -0.392 e. The highest BCUT2D eigenvalue weighted by Gasteiger charge is 2.39. The van der Waals surface area contributed by atoms with Crippen molar-refractivity contribution in [3.8, 4) is 0 Å². The number of nitrogens with one attached hydrogen (secondary N) is 1. The number of aliphatic hydroxyl groups is 1. The molecule has 8 nitrogen and oxygen atoms in total. The second-order valence-electron chi connectivity index (χ2n) is 12.3. The summed E-state index contributed by atoms with van der Waals surface area (Å²) in [5, 5.41) is 9.57. The van der Waals surface area contributed by atoms with Crippen LogP contribution in [0, 0.1) is 5.92 Å². The van der Waals surface area contributed by atoms with Gasteiger partial charge in [0.1, 0.15) is 0 Å². The summed E-state index contributed by atoms with van der Waals surface area (Å²) < 4.78 is 41.4. The molecule has 0 radical (unpaired) electrons. The average Bonchev–Trinajstić information content (AvgIpc) is 3.10. The van der Waals surface area contributed by atoms with Crippen LogP contribution in [0.5, 0.6) is 0 Å². The molecule has 2 aliphatic rings. The largest absolute Gasteiger partial charge is 0.392 e. The molecule has 2 N–H and O–H groups in total. The molecule has 2 heterocycles. The van der Waals surface area contributed by atoms with E-state index in [-0.39, 0.29) is 36.2 Å². The lowest BCUT2D eigenvalue weighted by Gasteiger charge is -2.44. The second-order valence-corrected chi connectivity index (χ2v) is 14.0. The smallest absolute Gasteiger partial charge is 0.240 e. The molecule has 2 aliphatic heterocycles. The summed E-state index contributed by atoms with van der Waals surface area (Å²) in [5.41, 5.74) is 4.99. The van der Waals surface area contributed by atoms with E-state index in [0.717, 1.165) is 61.5 Å². The van der Waals surface area contributed by atoms with Crippen molar-refractivity contribution in [2.45, 2.75) is 50.0 Å². The van der Waals surface area contributed by atoms with E-state index in [2.05, 4.69) is 51.8 Å². The third-order valence-electron chi connectivity index (χ3n) is 9.05. The van der Waals surface area contributed by atoms with Crippen LogP contribution in [-0.2, 0) is 39.2 Å². The highest BCUT2D eigenvalue weighted by molar-refractivity contribution is 7.89. The van der Waals surface area contributed by atoms with Crippen molar-refractivity contribution in [1.29, 1.82) is 0 Å². The maximum absolute atomic E-state index is 12.7. The molecule has 4 aromatic rings. The summed E-state index contributed by atoms with van der Waals surface area (Å²) in [7, 11) is -3.60. The van der Waals surface area contributed by atoms with E-state index in [9.17, 15) is 13.5 Å². The van der Waals surface area contributed by atoms with Crippen LogP contribution in [0.2, 0.25) is 0 Å². The first-order chi connectivity index (χ1) is 22.4. The molecular formula is C37H43N3O5S. The molecule has 2 saturated heterocycles. The number of hydrogen-bond acceptors (Lipinski definition) is 7. The van der Waals surface area contributed by atoms with Gasteiger partial charge in [0.05, 0.1) is 23.7 Å². The standard InChI is InChI=1S/C37H43N3O5S/c1-28-35(26-40-22-20-39(21-23-40)25-30-8-4-2-5-9-30)44-37(45-36(28)32-16-14-31(27-41)15-17-32)33-18-12-29(13-19-33)24-38-46(42,43)34-10-6-3-7-11-34/h2-19,28,35-38,41H,20-27H2,1H3. The average molecular weight is 642 g/mol. The maximum Gasteiger partial charge on any atom is 0.240 e. The molecule has 4 aromatic carbocycles. The summed E-state index contributed by atoms with van der Waals surface area (Å²) >= 11 is 0. The molecule has 0 amide bonds. The van der Waals surface area contributed by atoms with Gasteiger partial charge >= 0.3 is 0 Å². The fraction of sp³-hybridized carbons (Fsp3) is 0.351. The number of nitrogens with zero attached hydrogens (tertiary/aromatic N) is 2. The van der Waals surface area contributed by atoms with E-state index in [1.54, 1.807) is 30.3 Å². The van der Waals surface area contributed by atoms with Crippen molar-refractivity contribution in [2.24, 2.45) is 5.92 Å². The Morgan fingerprint density at radius 1 is 0.717 bits per heavy atom. The lowest BCUT2D eigenvalue weighted by atomic mass is 9.90. The first-order valence-corrected chi connectivity index (χ1v) is 17.5. The molecule has 0 bridgehead atoms. The Kier molecular flexibility index (Phi) is 10.6. The molecule has 9 heteroatoms. The van der Waals surface area contributed by atoms with E-state index < -0.39 is 16.3 Å². The van der Waals surface area contributed by atoms with Gasteiger partial charge in [0, 0.05) is 57.3 Å². The first kappa shape index (κ1) is 32.5. The Morgan fingerprint density at radius 3 is 1.96 bits per heavy atom. The molecule has 4 unspecified atom stereocenters. The number of aliphatic hydroxyl groups excluding tert-OH is 1. The molecule has 0 saturated carbocycles. The summed E-state index contributed by atoms with van der Waals surface area (Å²) in [6.07, 6.45) is -0.814. The molecule has 0 spiro atoms. The zero-order valence-electron chi connectivity index (χ0n) is 26.2. The number of rotatable bonds is 11. The quantitative estimate of drug-likeness (QED) is 0.231. The van der Waals surface area contributed by atoms with Gasteiger partial charge < -0.3 is 14.6 Å². The van der Waals surface area contributed by atoms with Crippen LogP contribution < -0.4 is 4.72 Å². The van der Waals surface area contributed by atoms with Crippen LogP contribution in [0.3, 0.4) is 0 Å². The van der Waals surface area contributed by atoms with Crippen LogP contribution in [0.1, 0.15) is 47.1 Å². The van der Waals surface area contributed by atoms with Crippen molar-refractivity contribution in [3.05, 3.63) is 137 Å². The second kappa shape index (κ2) is 15.0. The summed E-state index contributed by atoms with van der Waals surface area (Å²) in [6.45, 7) is 8.14. The maximum atomic E-state index is 12.7. The van der Waals surface area contributed by atoms with Gasteiger partial charge in [-0.25, -0.2) is 13.1 Å². The van der Waals surface area contributed by atoms with Gasteiger partial charge in [-0.1, -0.05) is 104 Å². The van der Waals surface area contributed by atoms with Gasteiger partial charge in [-0.15, -0.1) is 0 Å². The predicted octanol–water partition coefficient (Wildman–Crippen LogP) is 5.27. The molecule has 4 atom stereocenters. The monoisotopic (exact) mass is 641 g/mol. The molecule has 2 fully saturated rings. The zero-order chi connectivity index (χ0) is 31.9. The molecule has 242 valence electrons. The predicted molar refractivity (Wildman–Crippen MR) is 178 cm³/mol. The van der Waals surface area contributed by atoms with E-state index in [0.29, 0.717) is 0 Å². The van der Waals surface area contributed by atoms with Crippen LogP contribution in [-0.4, -0.2) is 62.2 Å². The van der Waals surface area contributed by atoms with Crippen LogP contribution in [0.4, 0.5) is 0 Å². The minimum atomic E-state index is -3.60. The van der Waals surface area contributed by atoms with Gasteiger partial charge in [-0.05, 0) is 34.4 Å². The van der Waals surface area contributed by atoms with E-state index in [1.807, 2.05) is 48.5 Å². The van der Waals surface area contributed by atoms with Gasteiger partial charge in [-0.2, -0.15) is 0 Å². The van der Waals surface area contributed by atoms with Gasteiger partial charge in [0.2, 0.25) is 10.0 Å². The van der Waals surface area contributed by atoms with Gasteiger partial charge in [0.15, 0.2) is 6.29 Å². The molecule has 0 aliphatic carbocycles. The van der Waals surface area contributed by atoms with Crippen molar-refractivity contribution in [1.82, 2.24) is 14.5 Å². The molecule has 46 heavy (non-hydrogen) atoms. The van der Waals surface area contributed by atoms with E-state index in [1.165, 1.54) is 5.56 Å². The van der Waals surface area contributed by atoms with Gasteiger partial charge in [0.25, 0.3) is 0 Å². The van der Waals surface area contributed by atoms with E-state index >= 15 is 0 Å². The summed E-state index contributed by atoms with van der Waals surface area (Å²) in [6, 6.07) is 34.7. The highest BCUT2D eigenvalue weighted by atomic mass is 32.2. The number of benzene rings is 4. The van der Waals surface area contributed by atoms with Crippen LogP contribution >= 0.6 is 0 Å². The molecule has 0 aromatic heterocycles. The third-order valence-corrected chi connectivity index (χ3v) is 10.5. The SMILES string of the molecule is CC1C(CN2CCN(Cc3ccccc3)CC2)OC(c2ccc(CNS(=O)(=O)c3ccccc3)cc2)OC1c1ccc(CO)cc1. The Balaban J connectivity index is 1.13. The topological polar surface area (TPSA) is 91.3 Å². The fourth-order valence-corrected chi connectivity index (χ4v) is 7.25. The summed E-state index contributed by atoms with van der Waals surface area (Å²) in [4.78, 5) is 5.25. The molecular weight excluding hydrogens is 598 g/mol. The highest BCUT2D eigenvalue weighted by Crippen LogP contribution is 2.42. The third kappa shape index (κ3) is 8.11. The Hall–Kier alpha value is -3.41. The Bertz CT molecular complexity index is 1630. The lowest BCUT2D eigenvalue weighted by Crippen LogP contribution is -2.51. The number of hydrogen-bond donors (Lipinski definition) is 2. The Labute approximate surface area is 272 Å². The Morgan fingerprint density at radius 2 is 1.30 bits per heavy atom. The van der Waals surface area contributed by atoms with Gasteiger partial charge in [-0.3, -0.25) is 9.80 Å². The van der Waals surface area contributed by atoms with Crippen LogP contribution in [0.15, 0.2) is 114 Å². The number of ether oxygens (including phenoxy) is 2. The van der Waals surface area contributed by atoms with Crippen molar-refractivity contribution < 1.29 is 23.0 Å². The fourth-order valence-electron chi connectivity index (χ4n) is 6.21. The summed E-state index contributed by atoms with van der Waals surface area (Å²) in [5.74, 6) is 0.102. The number of sulfonamides is 1. The van der Waals surface area contributed by atoms with Crippen molar-refractivity contribution in [3.63, 3.8) is 0 Å². The lowest BCUT2D eigenvalue weighted by molar-refractivity contribution is -0.276. The van der Waals surface area contributed by atoms with Crippen molar-refractivity contribution in [2.75, 3.05) is 32.7 Å².